The third-order valence-electron chi connectivity index (χ3n) is 5.93. The summed E-state index contributed by atoms with van der Waals surface area (Å²) >= 11 is 0. The van der Waals surface area contributed by atoms with Crippen LogP contribution in [0.3, 0.4) is 0 Å². The SMILES string of the molecule is O=C(O[C@H]1[C@H](Oc2ccc([N+](=O)[O-])cc2)O[C@H]2CO[C@H](c3ccccc3)O[C@H]2[C@@H]1O)c1ccccc1. The molecule has 6 atom stereocenters. The van der Waals surface area contributed by atoms with E-state index in [0.717, 1.165) is 5.56 Å². The van der Waals surface area contributed by atoms with Gasteiger partial charge in [-0.25, -0.2) is 4.79 Å². The van der Waals surface area contributed by atoms with Gasteiger partial charge in [-0.3, -0.25) is 10.1 Å². The van der Waals surface area contributed by atoms with E-state index in [1.54, 1.807) is 30.3 Å². The van der Waals surface area contributed by atoms with E-state index in [4.69, 9.17) is 23.7 Å². The molecular weight excluding hydrogens is 470 g/mol. The number of aliphatic hydroxyl groups is 1. The molecule has 0 amide bonds. The van der Waals surface area contributed by atoms with Gasteiger partial charge in [0.05, 0.1) is 17.1 Å². The Morgan fingerprint density at radius 3 is 2.28 bits per heavy atom. The van der Waals surface area contributed by atoms with Crippen molar-refractivity contribution in [3.63, 3.8) is 0 Å². The first-order valence-corrected chi connectivity index (χ1v) is 11.3. The first kappa shape index (κ1) is 23.9. The molecule has 3 aromatic rings. The maximum Gasteiger partial charge on any atom is 0.338 e. The second-order valence-electron chi connectivity index (χ2n) is 8.31. The predicted molar refractivity (Wildman–Crippen MR) is 124 cm³/mol. The molecule has 186 valence electrons. The van der Waals surface area contributed by atoms with Crippen molar-refractivity contribution in [1.29, 1.82) is 0 Å². The highest BCUT2D eigenvalue weighted by Crippen LogP contribution is 2.36. The fraction of sp³-hybridized carbons (Fsp3) is 0.269. The van der Waals surface area contributed by atoms with Crippen molar-refractivity contribution >= 4 is 11.7 Å². The molecule has 0 unspecified atom stereocenters. The maximum absolute atomic E-state index is 12.8. The number of carbonyl (C=O) groups excluding carboxylic acids is 1. The van der Waals surface area contributed by atoms with Crippen LogP contribution in [-0.2, 0) is 18.9 Å². The number of nitro benzene ring substituents is 1. The summed E-state index contributed by atoms with van der Waals surface area (Å²) in [6.07, 6.45) is -6.11. The number of benzene rings is 3. The molecular formula is C26H23NO9. The van der Waals surface area contributed by atoms with Gasteiger partial charge in [-0.1, -0.05) is 48.5 Å². The monoisotopic (exact) mass is 493 g/mol. The van der Waals surface area contributed by atoms with Gasteiger partial charge in [0, 0.05) is 17.7 Å². The molecule has 2 fully saturated rings. The van der Waals surface area contributed by atoms with E-state index in [1.165, 1.54) is 24.3 Å². The summed E-state index contributed by atoms with van der Waals surface area (Å²) in [5.74, 6) is -0.442. The number of ether oxygens (including phenoxy) is 5. The number of nitrogens with zero attached hydrogens (tertiary/aromatic N) is 1. The van der Waals surface area contributed by atoms with E-state index in [0.29, 0.717) is 0 Å². The van der Waals surface area contributed by atoms with Gasteiger partial charge in [-0.15, -0.1) is 0 Å². The zero-order chi connectivity index (χ0) is 25.1. The highest BCUT2D eigenvalue weighted by molar-refractivity contribution is 5.89. The Hall–Kier alpha value is -3.83. The fourth-order valence-corrected chi connectivity index (χ4v) is 4.11. The van der Waals surface area contributed by atoms with Crippen molar-refractivity contribution in [3.05, 3.63) is 106 Å². The van der Waals surface area contributed by atoms with Crippen LogP contribution < -0.4 is 4.74 Å². The third-order valence-corrected chi connectivity index (χ3v) is 5.93. The molecule has 0 bridgehead atoms. The summed E-state index contributed by atoms with van der Waals surface area (Å²) in [6.45, 7) is 0.0980. The number of non-ortho nitro benzene ring substituents is 1. The minimum Gasteiger partial charge on any atom is -0.461 e. The van der Waals surface area contributed by atoms with E-state index in [9.17, 15) is 20.0 Å². The molecule has 2 aliphatic rings. The molecule has 0 aliphatic carbocycles. The van der Waals surface area contributed by atoms with E-state index < -0.39 is 47.9 Å². The topological polar surface area (TPSA) is 127 Å². The van der Waals surface area contributed by atoms with Crippen molar-refractivity contribution in [3.8, 4) is 5.75 Å². The van der Waals surface area contributed by atoms with Crippen LogP contribution in [0, 0.1) is 10.1 Å². The summed E-state index contributed by atoms with van der Waals surface area (Å²) < 4.78 is 29.4. The number of aliphatic hydroxyl groups excluding tert-OH is 1. The number of nitro groups is 1. The average molecular weight is 493 g/mol. The Bertz CT molecular complexity index is 1190. The smallest absolute Gasteiger partial charge is 0.338 e. The maximum atomic E-state index is 12.8. The van der Waals surface area contributed by atoms with Crippen molar-refractivity contribution < 1.29 is 38.5 Å². The number of hydrogen-bond acceptors (Lipinski definition) is 9. The normalized spacial score (nSPS) is 27.5. The zero-order valence-electron chi connectivity index (χ0n) is 18.9. The number of esters is 1. The van der Waals surface area contributed by atoms with Crippen molar-refractivity contribution in [2.75, 3.05) is 6.61 Å². The van der Waals surface area contributed by atoms with Crippen LogP contribution in [-0.4, -0.2) is 53.3 Å². The van der Waals surface area contributed by atoms with Crippen LogP contribution in [0.1, 0.15) is 22.2 Å². The molecule has 5 rings (SSSR count). The largest absolute Gasteiger partial charge is 0.461 e. The standard InChI is InChI=1S/C26H23NO9/c28-21-22-20(15-32-25(36-22)17-9-5-2-6-10-17)34-26(33-19-13-11-18(12-14-19)27(30)31)23(21)35-24(29)16-7-3-1-4-8-16/h1-14,20-23,25-26,28H,15H2/t20-,21-,22+,23+,25-,26+/m0/s1. The predicted octanol–water partition coefficient (Wildman–Crippen LogP) is 3.40. The molecule has 0 spiro atoms. The van der Waals surface area contributed by atoms with Gasteiger partial charge >= 0.3 is 5.97 Å². The number of rotatable bonds is 6. The Labute approximate surface area is 206 Å². The van der Waals surface area contributed by atoms with Gasteiger partial charge in [0.2, 0.25) is 6.29 Å². The second kappa shape index (κ2) is 10.4. The molecule has 10 nitrogen and oxygen atoms in total. The Kier molecular flexibility index (Phi) is 6.92. The van der Waals surface area contributed by atoms with Gasteiger partial charge in [-0.05, 0) is 24.3 Å². The molecule has 10 heteroatoms. The van der Waals surface area contributed by atoms with Crippen molar-refractivity contribution in [1.82, 2.24) is 0 Å². The van der Waals surface area contributed by atoms with Gasteiger partial charge in [0.25, 0.3) is 5.69 Å². The van der Waals surface area contributed by atoms with E-state index in [2.05, 4.69) is 0 Å². The second-order valence-corrected chi connectivity index (χ2v) is 8.31. The number of fused-ring (bicyclic) bond motifs is 1. The minimum absolute atomic E-state index is 0.0980. The molecule has 3 aromatic carbocycles. The molecule has 0 aromatic heterocycles. The van der Waals surface area contributed by atoms with Gasteiger partial charge in [0.1, 0.15) is 24.1 Å². The zero-order valence-corrected chi connectivity index (χ0v) is 18.9. The number of carbonyl (C=O) groups is 1. The first-order chi connectivity index (χ1) is 17.5. The Balaban J connectivity index is 1.38. The van der Waals surface area contributed by atoms with Crippen LogP contribution in [0.2, 0.25) is 0 Å². The fourth-order valence-electron chi connectivity index (χ4n) is 4.11. The van der Waals surface area contributed by atoms with Crippen molar-refractivity contribution in [2.24, 2.45) is 0 Å². The summed E-state index contributed by atoms with van der Waals surface area (Å²) in [4.78, 5) is 23.3. The van der Waals surface area contributed by atoms with Gasteiger partial charge in [-0.2, -0.15) is 0 Å². The van der Waals surface area contributed by atoms with Crippen LogP contribution in [0.5, 0.6) is 5.75 Å². The lowest BCUT2D eigenvalue weighted by Crippen LogP contribution is -2.64. The summed E-state index contributed by atoms with van der Waals surface area (Å²) in [6, 6.07) is 22.9. The summed E-state index contributed by atoms with van der Waals surface area (Å²) in [7, 11) is 0. The molecule has 0 saturated carbocycles. The van der Waals surface area contributed by atoms with Crippen LogP contribution in [0.4, 0.5) is 5.69 Å². The van der Waals surface area contributed by atoms with Crippen LogP contribution in [0.15, 0.2) is 84.9 Å². The molecule has 2 aliphatic heterocycles. The highest BCUT2D eigenvalue weighted by atomic mass is 16.8. The lowest BCUT2D eigenvalue weighted by Gasteiger charge is -2.47. The van der Waals surface area contributed by atoms with E-state index >= 15 is 0 Å². The molecule has 1 N–H and O–H groups in total. The lowest BCUT2D eigenvalue weighted by molar-refractivity contribution is -0.384. The third kappa shape index (κ3) is 5.07. The molecule has 2 heterocycles. The van der Waals surface area contributed by atoms with Crippen LogP contribution >= 0.6 is 0 Å². The van der Waals surface area contributed by atoms with Crippen LogP contribution in [0.25, 0.3) is 0 Å². The Morgan fingerprint density at radius 1 is 0.944 bits per heavy atom. The van der Waals surface area contributed by atoms with E-state index in [1.807, 2.05) is 30.3 Å². The lowest BCUT2D eigenvalue weighted by atomic mass is 9.97. The molecule has 36 heavy (non-hydrogen) atoms. The summed E-state index contributed by atoms with van der Waals surface area (Å²) in [5, 5.41) is 22.2. The van der Waals surface area contributed by atoms with Gasteiger partial charge < -0.3 is 28.8 Å². The summed E-state index contributed by atoms with van der Waals surface area (Å²) in [5.41, 5.74) is 0.946. The van der Waals surface area contributed by atoms with Gasteiger partial charge in [0.15, 0.2) is 12.4 Å². The quantitative estimate of drug-likeness (QED) is 0.312. The average Bonchev–Trinajstić information content (AvgIpc) is 2.92. The first-order valence-electron chi connectivity index (χ1n) is 11.3. The minimum atomic E-state index is -1.31. The highest BCUT2D eigenvalue weighted by Gasteiger charge is 2.52. The van der Waals surface area contributed by atoms with E-state index in [-0.39, 0.29) is 23.6 Å². The molecule has 0 radical (unpaired) electrons. The molecule has 2 saturated heterocycles. The van der Waals surface area contributed by atoms with Crippen molar-refractivity contribution in [2.45, 2.75) is 37.0 Å². The number of hydrogen-bond donors (Lipinski definition) is 1. The Morgan fingerprint density at radius 2 is 1.61 bits per heavy atom.